The molecule has 1 aliphatic rings. The summed E-state index contributed by atoms with van der Waals surface area (Å²) in [5.74, 6) is 1.46. The average Bonchev–Trinajstić information content (AvgIpc) is 2.68. The summed E-state index contributed by atoms with van der Waals surface area (Å²) in [6.07, 6.45) is 0. The van der Waals surface area contributed by atoms with E-state index in [1.165, 1.54) is 5.56 Å². The summed E-state index contributed by atoms with van der Waals surface area (Å²) < 4.78 is 5.48. The van der Waals surface area contributed by atoms with E-state index in [-0.39, 0.29) is 0 Å². The summed E-state index contributed by atoms with van der Waals surface area (Å²) in [5.41, 5.74) is 3.54. The Morgan fingerprint density at radius 2 is 1.65 bits per heavy atom. The first-order valence-corrected chi connectivity index (χ1v) is 9.53. The molecular formula is C21H27N3OS. The summed E-state index contributed by atoms with van der Waals surface area (Å²) in [4.78, 5) is 4.59. The molecule has 0 bridgehead atoms. The van der Waals surface area contributed by atoms with Crippen molar-refractivity contribution >= 4 is 28.7 Å². The predicted molar refractivity (Wildman–Crippen MR) is 114 cm³/mol. The Morgan fingerprint density at radius 3 is 2.27 bits per heavy atom. The number of ether oxygens (including phenoxy) is 1. The third-order valence-electron chi connectivity index (χ3n) is 4.82. The highest BCUT2D eigenvalue weighted by molar-refractivity contribution is 7.80. The third kappa shape index (κ3) is 4.28. The van der Waals surface area contributed by atoms with Crippen LogP contribution in [0, 0.1) is 0 Å². The minimum atomic E-state index is 0.541. The summed E-state index contributed by atoms with van der Waals surface area (Å²) in [7, 11) is 1.72. The Labute approximate surface area is 161 Å². The summed E-state index contributed by atoms with van der Waals surface area (Å²) in [6.45, 7) is 8.05. The molecular weight excluding hydrogens is 342 g/mol. The van der Waals surface area contributed by atoms with E-state index >= 15 is 0 Å². The van der Waals surface area contributed by atoms with Crippen LogP contribution in [0.25, 0.3) is 0 Å². The summed E-state index contributed by atoms with van der Waals surface area (Å²) in [5, 5.41) is 4.16. The number of para-hydroxylation sites is 2. The first kappa shape index (κ1) is 18.5. The number of methoxy groups -OCH3 is 1. The highest BCUT2D eigenvalue weighted by atomic mass is 32.1. The van der Waals surface area contributed by atoms with E-state index in [0.29, 0.717) is 5.92 Å². The van der Waals surface area contributed by atoms with Gasteiger partial charge in [-0.1, -0.05) is 38.1 Å². The molecule has 2 aromatic rings. The lowest BCUT2D eigenvalue weighted by molar-refractivity contribution is 0.382. The fourth-order valence-corrected chi connectivity index (χ4v) is 3.50. The molecule has 2 aromatic carbocycles. The fraction of sp³-hybridized carbons (Fsp3) is 0.381. The van der Waals surface area contributed by atoms with E-state index in [4.69, 9.17) is 17.0 Å². The van der Waals surface area contributed by atoms with Crippen molar-refractivity contribution < 1.29 is 4.74 Å². The monoisotopic (exact) mass is 369 g/mol. The maximum atomic E-state index is 5.62. The highest BCUT2D eigenvalue weighted by Gasteiger charge is 2.21. The van der Waals surface area contributed by atoms with Crippen molar-refractivity contribution in [3.63, 3.8) is 0 Å². The first-order valence-electron chi connectivity index (χ1n) is 9.12. The molecule has 1 fully saturated rings. The van der Waals surface area contributed by atoms with Crippen LogP contribution in [-0.2, 0) is 0 Å². The Hall–Kier alpha value is -2.27. The quantitative estimate of drug-likeness (QED) is 0.810. The fourth-order valence-electron chi connectivity index (χ4n) is 3.20. The molecule has 138 valence electrons. The molecule has 3 rings (SSSR count). The van der Waals surface area contributed by atoms with Crippen molar-refractivity contribution in [1.82, 2.24) is 4.90 Å². The molecule has 0 radical (unpaired) electrons. The molecule has 0 aromatic heterocycles. The van der Waals surface area contributed by atoms with Crippen LogP contribution in [0.3, 0.4) is 0 Å². The molecule has 1 heterocycles. The van der Waals surface area contributed by atoms with Gasteiger partial charge in [-0.3, -0.25) is 0 Å². The lowest BCUT2D eigenvalue weighted by Crippen LogP contribution is -2.50. The van der Waals surface area contributed by atoms with Gasteiger partial charge in [0.1, 0.15) is 5.75 Å². The SMILES string of the molecule is COc1ccccc1N1CCN(C(=S)Nc2ccc(C(C)C)cc2)CC1. The van der Waals surface area contributed by atoms with Crippen LogP contribution in [0.1, 0.15) is 25.3 Å². The van der Waals surface area contributed by atoms with E-state index in [9.17, 15) is 0 Å². The van der Waals surface area contributed by atoms with Crippen molar-refractivity contribution in [1.29, 1.82) is 0 Å². The lowest BCUT2D eigenvalue weighted by Gasteiger charge is -2.37. The van der Waals surface area contributed by atoms with Gasteiger partial charge in [-0.25, -0.2) is 0 Å². The van der Waals surface area contributed by atoms with Gasteiger partial charge in [0.15, 0.2) is 5.11 Å². The first-order chi connectivity index (χ1) is 12.6. The Balaban J connectivity index is 1.56. The zero-order valence-electron chi connectivity index (χ0n) is 15.7. The molecule has 4 nitrogen and oxygen atoms in total. The number of piperazine rings is 1. The topological polar surface area (TPSA) is 27.7 Å². The number of nitrogens with one attached hydrogen (secondary N) is 1. The molecule has 0 atom stereocenters. The molecule has 5 heteroatoms. The van der Waals surface area contributed by atoms with Crippen LogP contribution in [0.2, 0.25) is 0 Å². The van der Waals surface area contributed by atoms with Crippen molar-refractivity contribution in [3.8, 4) is 5.75 Å². The maximum Gasteiger partial charge on any atom is 0.173 e. The minimum Gasteiger partial charge on any atom is -0.495 e. The average molecular weight is 370 g/mol. The van der Waals surface area contributed by atoms with Crippen LogP contribution < -0.4 is 15.0 Å². The molecule has 1 saturated heterocycles. The van der Waals surface area contributed by atoms with Gasteiger partial charge < -0.3 is 19.9 Å². The van der Waals surface area contributed by atoms with Crippen LogP contribution in [0.15, 0.2) is 48.5 Å². The molecule has 26 heavy (non-hydrogen) atoms. The van der Waals surface area contributed by atoms with Gasteiger partial charge in [-0.2, -0.15) is 0 Å². The minimum absolute atomic E-state index is 0.541. The number of hydrogen-bond acceptors (Lipinski definition) is 3. The van der Waals surface area contributed by atoms with Crippen LogP contribution >= 0.6 is 12.2 Å². The second kappa shape index (κ2) is 8.41. The smallest absolute Gasteiger partial charge is 0.173 e. The second-order valence-corrected chi connectivity index (χ2v) is 7.24. The van der Waals surface area contributed by atoms with Crippen molar-refractivity contribution in [2.45, 2.75) is 19.8 Å². The molecule has 0 amide bonds. The Morgan fingerprint density at radius 1 is 1.00 bits per heavy atom. The largest absolute Gasteiger partial charge is 0.495 e. The molecule has 0 aliphatic carbocycles. The van der Waals surface area contributed by atoms with Gasteiger partial charge in [-0.05, 0) is 48.0 Å². The standard InChI is InChI=1S/C21H27N3OS/c1-16(2)17-8-10-18(11-9-17)22-21(26)24-14-12-23(13-15-24)19-6-4-5-7-20(19)25-3/h4-11,16H,12-15H2,1-3H3,(H,22,26). The Kier molecular flexibility index (Phi) is 5.99. The zero-order valence-corrected chi connectivity index (χ0v) is 16.6. The van der Waals surface area contributed by atoms with E-state index in [1.54, 1.807) is 7.11 Å². The molecule has 0 saturated carbocycles. The van der Waals surface area contributed by atoms with Gasteiger partial charge in [0.2, 0.25) is 0 Å². The normalized spacial score (nSPS) is 14.5. The van der Waals surface area contributed by atoms with Crippen LogP contribution in [-0.4, -0.2) is 43.3 Å². The molecule has 1 N–H and O–H groups in total. The van der Waals surface area contributed by atoms with E-state index in [2.05, 4.69) is 65.4 Å². The number of rotatable bonds is 4. The van der Waals surface area contributed by atoms with Crippen molar-refractivity contribution in [2.75, 3.05) is 43.5 Å². The van der Waals surface area contributed by atoms with Gasteiger partial charge in [-0.15, -0.1) is 0 Å². The number of nitrogens with zero attached hydrogens (tertiary/aromatic N) is 2. The second-order valence-electron chi connectivity index (χ2n) is 6.85. The molecule has 0 spiro atoms. The Bertz CT molecular complexity index is 737. The maximum absolute atomic E-state index is 5.62. The van der Waals surface area contributed by atoms with Crippen molar-refractivity contribution in [2.24, 2.45) is 0 Å². The van der Waals surface area contributed by atoms with Gasteiger partial charge in [0.05, 0.1) is 12.8 Å². The van der Waals surface area contributed by atoms with Crippen LogP contribution in [0.4, 0.5) is 11.4 Å². The number of hydrogen-bond donors (Lipinski definition) is 1. The summed E-state index contributed by atoms with van der Waals surface area (Å²) in [6, 6.07) is 16.7. The number of benzene rings is 2. The number of thiocarbonyl (C=S) groups is 1. The van der Waals surface area contributed by atoms with Crippen molar-refractivity contribution in [3.05, 3.63) is 54.1 Å². The molecule has 1 aliphatic heterocycles. The predicted octanol–water partition coefficient (Wildman–Crippen LogP) is 4.34. The van der Waals surface area contributed by atoms with E-state index in [0.717, 1.165) is 48.4 Å². The molecule has 0 unspecified atom stereocenters. The van der Waals surface area contributed by atoms with Gasteiger partial charge >= 0.3 is 0 Å². The summed E-state index contributed by atoms with van der Waals surface area (Å²) >= 11 is 5.62. The van der Waals surface area contributed by atoms with Gasteiger partial charge in [0, 0.05) is 31.9 Å². The van der Waals surface area contributed by atoms with E-state index in [1.807, 2.05) is 12.1 Å². The van der Waals surface area contributed by atoms with Gasteiger partial charge in [0.25, 0.3) is 0 Å². The lowest BCUT2D eigenvalue weighted by atomic mass is 10.0. The van der Waals surface area contributed by atoms with Crippen LogP contribution in [0.5, 0.6) is 5.75 Å². The zero-order chi connectivity index (χ0) is 18.5. The number of anilines is 2. The third-order valence-corrected chi connectivity index (χ3v) is 5.18. The highest BCUT2D eigenvalue weighted by Crippen LogP contribution is 2.28. The van der Waals surface area contributed by atoms with E-state index < -0.39 is 0 Å².